The molecule has 23 heavy (non-hydrogen) atoms. The third-order valence-electron chi connectivity index (χ3n) is 4.01. The van der Waals surface area contributed by atoms with Gasteiger partial charge in [-0.3, -0.25) is 14.7 Å². The molecule has 0 saturated carbocycles. The minimum absolute atomic E-state index is 0.0475. The molecule has 3 N–H and O–H groups in total. The van der Waals surface area contributed by atoms with Crippen LogP contribution in [0, 0.1) is 12.8 Å². The summed E-state index contributed by atoms with van der Waals surface area (Å²) >= 11 is 0. The van der Waals surface area contributed by atoms with Gasteiger partial charge >= 0.3 is 5.97 Å². The number of aryl methyl sites for hydroxylation is 1. The van der Waals surface area contributed by atoms with Crippen LogP contribution in [-0.4, -0.2) is 32.7 Å². The van der Waals surface area contributed by atoms with Gasteiger partial charge in [-0.1, -0.05) is 13.8 Å². The van der Waals surface area contributed by atoms with E-state index in [0.29, 0.717) is 11.5 Å². The van der Waals surface area contributed by atoms with Crippen molar-refractivity contribution in [3.05, 3.63) is 29.7 Å². The summed E-state index contributed by atoms with van der Waals surface area (Å²) < 4.78 is 5.47. The number of furan rings is 1. The highest BCUT2D eigenvalue weighted by Crippen LogP contribution is 2.23. The van der Waals surface area contributed by atoms with E-state index in [1.807, 2.05) is 26.8 Å². The first-order chi connectivity index (χ1) is 10.7. The third-order valence-corrected chi connectivity index (χ3v) is 4.01. The van der Waals surface area contributed by atoms with Gasteiger partial charge in [0.05, 0.1) is 12.0 Å². The van der Waals surface area contributed by atoms with E-state index in [4.69, 9.17) is 9.52 Å². The number of carbonyl (C=O) groups is 2. The van der Waals surface area contributed by atoms with Crippen molar-refractivity contribution in [1.29, 1.82) is 0 Å². The minimum atomic E-state index is -0.963. The number of rotatable bonds is 6. The summed E-state index contributed by atoms with van der Waals surface area (Å²) in [5.41, 5.74) is -0.0809. The van der Waals surface area contributed by atoms with Crippen LogP contribution in [0.4, 0.5) is 0 Å². The van der Waals surface area contributed by atoms with Crippen molar-refractivity contribution < 1.29 is 19.1 Å². The van der Waals surface area contributed by atoms with Crippen molar-refractivity contribution in [3.8, 4) is 11.5 Å². The zero-order valence-electron chi connectivity index (χ0n) is 13.6. The van der Waals surface area contributed by atoms with E-state index in [2.05, 4.69) is 15.5 Å². The summed E-state index contributed by atoms with van der Waals surface area (Å²) in [6, 6.07) is 5.18. The van der Waals surface area contributed by atoms with Crippen LogP contribution in [0.2, 0.25) is 0 Å². The van der Waals surface area contributed by atoms with Crippen LogP contribution in [0.5, 0.6) is 0 Å². The molecule has 2 aromatic heterocycles. The van der Waals surface area contributed by atoms with Gasteiger partial charge in [0.15, 0.2) is 11.5 Å². The molecule has 7 nitrogen and oxygen atoms in total. The number of carboxylic acids is 1. The molecule has 7 heteroatoms. The molecular weight excluding hydrogens is 298 g/mol. The monoisotopic (exact) mass is 319 g/mol. The fourth-order valence-electron chi connectivity index (χ4n) is 2.17. The molecule has 2 rings (SSSR count). The lowest BCUT2D eigenvalue weighted by atomic mass is 9.85. The normalized spacial score (nSPS) is 13.8. The molecule has 1 unspecified atom stereocenters. The molecule has 0 saturated heterocycles. The standard InChI is InChI=1S/C16H21N3O4/c1-9(2)16(4,8-14(20)21)17-15(22)12-7-11(18-19-12)13-6-5-10(3)23-13/h5-7,9H,8H2,1-4H3,(H,17,22)(H,18,19)(H,20,21). The molecule has 2 aromatic rings. The van der Waals surface area contributed by atoms with Crippen molar-refractivity contribution in [2.24, 2.45) is 5.92 Å². The fraction of sp³-hybridized carbons (Fsp3) is 0.438. The Morgan fingerprint density at radius 2 is 2.13 bits per heavy atom. The van der Waals surface area contributed by atoms with Gasteiger partial charge in [0.25, 0.3) is 5.91 Å². The van der Waals surface area contributed by atoms with Crippen molar-refractivity contribution in [1.82, 2.24) is 15.5 Å². The second-order valence-corrected chi connectivity index (χ2v) is 6.17. The zero-order chi connectivity index (χ0) is 17.2. The molecule has 0 radical (unpaired) electrons. The Morgan fingerprint density at radius 1 is 1.43 bits per heavy atom. The number of carboxylic acid groups (broad SMARTS) is 1. The Morgan fingerprint density at radius 3 is 2.65 bits per heavy atom. The summed E-state index contributed by atoms with van der Waals surface area (Å²) in [6.45, 7) is 7.27. The largest absolute Gasteiger partial charge is 0.481 e. The number of hydrogen-bond donors (Lipinski definition) is 3. The highest BCUT2D eigenvalue weighted by molar-refractivity contribution is 5.94. The molecule has 0 spiro atoms. The summed E-state index contributed by atoms with van der Waals surface area (Å²) in [6.07, 6.45) is -0.162. The lowest BCUT2D eigenvalue weighted by Gasteiger charge is -2.33. The smallest absolute Gasteiger partial charge is 0.305 e. The van der Waals surface area contributed by atoms with Crippen LogP contribution < -0.4 is 5.32 Å². The number of carbonyl (C=O) groups excluding carboxylic acids is 1. The lowest BCUT2D eigenvalue weighted by molar-refractivity contribution is -0.138. The van der Waals surface area contributed by atoms with Crippen LogP contribution in [-0.2, 0) is 4.79 Å². The average molecular weight is 319 g/mol. The summed E-state index contributed by atoms with van der Waals surface area (Å²) in [4.78, 5) is 23.4. The van der Waals surface area contributed by atoms with E-state index in [1.54, 1.807) is 19.1 Å². The highest BCUT2D eigenvalue weighted by Gasteiger charge is 2.33. The Hall–Kier alpha value is -2.57. The average Bonchev–Trinajstić information content (AvgIpc) is 3.05. The molecule has 0 aliphatic carbocycles. The Labute approximate surface area is 134 Å². The van der Waals surface area contributed by atoms with Gasteiger partial charge in [0, 0.05) is 6.07 Å². The van der Waals surface area contributed by atoms with E-state index in [1.165, 1.54) is 0 Å². The Balaban J connectivity index is 2.17. The first kappa shape index (κ1) is 16.8. The van der Waals surface area contributed by atoms with E-state index < -0.39 is 17.4 Å². The lowest BCUT2D eigenvalue weighted by Crippen LogP contribution is -2.51. The Kier molecular flexibility index (Phi) is 4.58. The quantitative estimate of drug-likeness (QED) is 0.758. The predicted molar refractivity (Wildman–Crippen MR) is 84.0 cm³/mol. The van der Waals surface area contributed by atoms with Crippen LogP contribution >= 0.6 is 0 Å². The van der Waals surface area contributed by atoms with E-state index in [-0.39, 0.29) is 18.0 Å². The van der Waals surface area contributed by atoms with Gasteiger partial charge < -0.3 is 14.8 Å². The number of nitrogens with one attached hydrogen (secondary N) is 2. The molecule has 1 amide bonds. The van der Waals surface area contributed by atoms with Crippen molar-refractivity contribution >= 4 is 11.9 Å². The van der Waals surface area contributed by atoms with Gasteiger partial charge in [0.1, 0.15) is 11.5 Å². The van der Waals surface area contributed by atoms with E-state index in [9.17, 15) is 9.59 Å². The Bertz CT molecular complexity index is 716. The van der Waals surface area contributed by atoms with Crippen LogP contribution in [0.3, 0.4) is 0 Å². The third kappa shape index (κ3) is 3.80. The topological polar surface area (TPSA) is 108 Å². The number of aromatic amines is 1. The highest BCUT2D eigenvalue weighted by atomic mass is 16.4. The molecule has 0 aromatic carbocycles. The van der Waals surface area contributed by atoms with Gasteiger partial charge in [0.2, 0.25) is 0 Å². The van der Waals surface area contributed by atoms with Crippen LogP contribution in [0.1, 0.15) is 43.4 Å². The molecule has 0 fully saturated rings. The molecule has 0 bridgehead atoms. The van der Waals surface area contributed by atoms with Crippen LogP contribution in [0.25, 0.3) is 11.5 Å². The number of H-pyrrole nitrogens is 1. The summed E-state index contributed by atoms with van der Waals surface area (Å²) in [5, 5.41) is 18.6. The molecular formula is C16H21N3O4. The minimum Gasteiger partial charge on any atom is -0.481 e. The van der Waals surface area contributed by atoms with Gasteiger partial charge in [-0.25, -0.2) is 0 Å². The summed E-state index contributed by atoms with van der Waals surface area (Å²) in [5.74, 6) is -0.0853. The molecule has 1 atom stereocenters. The van der Waals surface area contributed by atoms with E-state index in [0.717, 1.165) is 5.76 Å². The second-order valence-electron chi connectivity index (χ2n) is 6.17. The fourth-order valence-corrected chi connectivity index (χ4v) is 2.17. The number of aliphatic carboxylic acids is 1. The van der Waals surface area contributed by atoms with Crippen LogP contribution in [0.15, 0.2) is 22.6 Å². The van der Waals surface area contributed by atoms with Crippen molar-refractivity contribution in [2.45, 2.75) is 39.7 Å². The SMILES string of the molecule is Cc1ccc(-c2cc(C(=O)NC(C)(CC(=O)O)C(C)C)n[nH]2)o1. The maximum Gasteiger partial charge on any atom is 0.305 e. The first-order valence-corrected chi connectivity index (χ1v) is 7.38. The molecule has 0 aliphatic heterocycles. The molecule has 2 heterocycles. The number of amides is 1. The van der Waals surface area contributed by atoms with Crippen molar-refractivity contribution in [3.63, 3.8) is 0 Å². The maximum absolute atomic E-state index is 12.4. The van der Waals surface area contributed by atoms with E-state index >= 15 is 0 Å². The number of hydrogen-bond acceptors (Lipinski definition) is 4. The van der Waals surface area contributed by atoms with Gasteiger partial charge in [-0.05, 0) is 31.9 Å². The summed E-state index contributed by atoms with van der Waals surface area (Å²) in [7, 11) is 0. The number of aromatic nitrogens is 2. The molecule has 124 valence electrons. The second kappa shape index (κ2) is 6.28. The van der Waals surface area contributed by atoms with Crippen molar-refractivity contribution in [2.75, 3.05) is 0 Å². The number of nitrogens with zero attached hydrogens (tertiary/aromatic N) is 1. The predicted octanol–water partition coefficient (Wildman–Crippen LogP) is 2.60. The zero-order valence-corrected chi connectivity index (χ0v) is 13.6. The van der Waals surface area contributed by atoms with Gasteiger partial charge in [-0.2, -0.15) is 5.10 Å². The van der Waals surface area contributed by atoms with Gasteiger partial charge in [-0.15, -0.1) is 0 Å². The molecule has 0 aliphatic rings. The maximum atomic E-state index is 12.4. The first-order valence-electron chi connectivity index (χ1n) is 7.38.